The molecule has 0 amide bonds. The largest absolute Gasteiger partial charge is 0.391 e. The van der Waals surface area contributed by atoms with Crippen LogP contribution in [0.25, 0.3) is 22.2 Å². The highest BCUT2D eigenvalue weighted by atomic mass is 32.2. The minimum atomic E-state index is -0.322. The topological polar surface area (TPSA) is 61.7 Å². The predicted octanol–water partition coefficient (Wildman–Crippen LogP) is 4.01. The Bertz CT molecular complexity index is 1160. The molecule has 2 aliphatic heterocycles. The summed E-state index contributed by atoms with van der Waals surface area (Å²) in [7, 11) is 0. The number of thioether (sulfide) groups is 1. The average Bonchev–Trinajstić information content (AvgIpc) is 3.19. The molecular formula is C23H23FN4O2S. The second-order valence-electron chi connectivity index (χ2n) is 7.56. The summed E-state index contributed by atoms with van der Waals surface area (Å²) in [6.07, 6.45) is 1.49. The molecule has 6 nitrogen and oxygen atoms in total. The van der Waals surface area contributed by atoms with E-state index in [1.165, 1.54) is 12.4 Å². The van der Waals surface area contributed by atoms with Crippen molar-refractivity contribution >= 4 is 34.0 Å². The molecule has 3 aromatic rings. The number of hydrogen-bond donors (Lipinski definition) is 1. The van der Waals surface area contributed by atoms with Crippen LogP contribution in [0.4, 0.5) is 15.8 Å². The normalized spacial score (nSPS) is 17.1. The van der Waals surface area contributed by atoms with Gasteiger partial charge in [-0.3, -0.25) is 0 Å². The molecule has 2 aromatic carbocycles. The van der Waals surface area contributed by atoms with Gasteiger partial charge in [0.1, 0.15) is 12.1 Å². The molecule has 1 aromatic heterocycles. The zero-order chi connectivity index (χ0) is 21.4. The Hall–Kier alpha value is -2.68. The van der Waals surface area contributed by atoms with Gasteiger partial charge in [0, 0.05) is 46.0 Å². The van der Waals surface area contributed by atoms with Crippen LogP contribution in [0.1, 0.15) is 6.92 Å². The molecule has 0 atom stereocenters. The summed E-state index contributed by atoms with van der Waals surface area (Å²) in [5.41, 5.74) is 4.76. The molecule has 160 valence electrons. The number of aromatic nitrogens is 2. The number of nitrogens with zero attached hydrogens (tertiary/aromatic N) is 4. The van der Waals surface area contributed by atoms with Crippen molar-refractivity contribution in [2.45, 2.75) is 6.92 Å². The zero-order valence-corrected chi connectivity index (χ0v) is 18.0. The number of aliphatic hydroxyl groups excluding tert-OH is 1. The van der Waals surface area contributed by atoms with E-state index in [1.54, 1.807) is 17.8 Å². The SMILES string of the molecule is CC1=C(CO)SCN1c1ccc(F)c(-c2ncnc3cc(N4CCOCC4)ccc23)c1. The highest BCUT2D eigenvalue weighted by Crippen LogP contribution is 2.38. The lowest BCUT2D eigenvalue weighted by Crippen LogP contribution is -2.36. The third-order valence-corrected chi connectivity index (χ3v) is 6.99. The molecule has 1 fully saturated rings. The molecule has 8 heteroatoms. The Balaban J connectivity index is 1.55. The van der Waals surface area contributed by atoms with Gasteiger partial charge in [-0.1, -0.05) is 0 Å². The molecule has 1 saturated heterocycles. The summed E-state index contributed by atoms with van der Waals surface area (Å²) in [4.78, 5) is 14.2. The second-order valence-corrected chi connectivity index (χ2v) is 8.60. The van der Waals surface area contributed by atoms with Crippen LogP contribution in [-0.2, 0) is 4.74 Å². The number of hydrogen-bond acceptors (Lipinski definition) is 7. The van der Waals surface area contributed by atoms with Crippen molar-refractivity contribution in [1.29, 1.82) is 0 Å². The van der Waals surface area contributed by atoms with Gasteiger partial charge < -0.3 is 19.6 Å². The van der Waals surface area contributed by atoms with Crippen LogP contribution in [0.5, 0.6) is 0 Å². The third kappa shape index (κ3) is 3.75. The van der Waals surface area contributed by atoms with Crippen LogP contribution in [-0.4, -0.2) is 53.9 Å². The number of morpholine rings is 1. The number of fused-ring (bicyclic) bond motifs is 1. The molecule has 0 aliphatic carbocycles. The first kappa shape index (κ1) is 20.2. The summed E-state index contributed by atoms with van der Waals surface area (Å²) in [6, 6.07) is 11.1. The van der Waals surface area contributed by atoms with Crippen molar-refractivity contribution in [3.63, 3.8) is 0 Å². The lowest BCUT2D eigenvalue weighted by atomic mass is 10.0. The summed E-state index contributed by atoms with van der Waals surface area (Å²) in [6.45, 7) is 5.11. The summed E-state index contributed by atoms with van der Waals surface area (Å²) in [5, 5.41) is 10.3. The van der Waals surface area contributed by atoms with Crippen molar-refractivity contribution in [1.82, 2.24) is 9.97 Å². The van der Waals surface area contributed by atoms with Crippen LogP contribution in [0.15, 0.2) is 53.3 Å². The first-order valence-electron chi connectivity index (χ1n) is 10.2. The van der Waals surface area contributed by atoms with Gasteiger partial charge in [0.15, 0.2) is 0 Å². The average molecular weight is 439 g/mol. The number of ether oxygens (including phenoxy) is 1. The molecule has 1 N–H and O–H groups in total. The fourth-order valence-electron chi connectivity index (χ4n) is 4.06. The zero-order valence-electron chi connectivity index (χ0n) is 17.2. The highest BCUT2D eigenvalue weighted by Gasteiger charge is 2.22. The molecule has 31 heavy (non-hydrogen) atoms. The van der Waals surface area contributed by atoms with Crippen LogP contribution in [0.2, 0.25) is 0 Å². The maximum Gasteiger partial charge on any atom is 0.132 e. The van der Waals surface area contributed by atoms with E-state index in [1.807, 2.05) is 31.2 Å². The standard InChI is InChI=1S/C23H23FN4O2S/c1-15-22(12-29)31-14-28(15)17-3-5-20(24)19(10-17)23-18-4-2-16(11-21(18)25-13-26-23)27-6-8-30-9-7-27/h2-5,10-11,13,29H,6-9,12,14H2,1H3. The Morgan fingerprint density at radius 2 is 1.90 bits per heavy atom. The Labute approximate surface area is 184 Å². The fourth-order valence-corrected chi connectivity index (χ4v) is 5.10. The van der Waals surface area contributed by atoms with Crippen LogP contribution < -0.4 is 9.80 Å². The quantitative estimate of drug-likeness (QED) is 0.660. The molecule has 0 spiro atoms. The van der Waals surface area contributed by atoms with Crippen LogP contribution >= 0.6 is 11.8 Å². The fraction of sp³-hybridized carbons (Fsp3) is 0.304. The minimum Gasteiger partial charge on any atom is -0.391 e. The number of benzene rings is 2. The second kappa shape index (κ2) is 8.45. The van der Waals surface area contributed by atoms with E-state index >= 15 is 0 Å². The number of halogens is 1. The molecule has 3 heterocycles. The number of aliphatic hydroxyl groups is 1. The minimum absolute atomic E-state index is 0.0169. The van der Waals surface area contributed by atoms with Crippen molar-refractivity contribution in [2.24, 2.45) is 0 Å². The Morgan fingerprint density at radius 3 is 2.68 bits per heavy atom. The monoisotopic (exact) mass is 438 g/mol. The van der Waals surface area contributed by atoms with E-state index in [0.29, 0.717) is 30.3 Å². The Kier molecular flexibility index (Phi) is 5.52. The summed E-state index contributed by atoms with van der Waals surface area (Å²) >= 11 is 1.60. The van der Waals surface area contributed by atoms with E-state index in [-0.39, 0.29) is 12.4 Å². The van der Waals surface area contributed by atoms with Crippen molar-refractivity contribution in [2.75, 3.05) is 48.6 Å². The van der Waals surface area contributed by atoms with Gasteiger partial charge in [0.2, 0.25) is 0 Å². The van der Waals surface area contributed by atoms with E-state index in [0.717, 1.165) is 46.0 Å². The molecule has 0 radical (unpaired) electrons. The summed E-state index contributed by atoms with van der Waals surface area (Å²) in [5.74, 6) is 0.372. The summed E-state index contributed by atoms with van der Waals surface area (Å²) < 4.78 is 20.4. The van der Waals surface area contributed by atoms with Gasteiger partial charge in [-0.25, -0.2) is 14.4 Å². The van der Waals surface area contributed by atoms with Crippen LogP contribution in [0.3, 0.4) is 0 Å². The van der Waals surface area contributed by atoms with E-state index in [4.69, 9.17) is 4.74 Å². The number of rotatable bonds is 4. The van der Waals surface area contributed by atoms with Gasteiger partial charge >= 0.3 is 0 Å². The smallest absolute Gasteiger partial charge is 0.132 e. The van der Waals surface area contributed by atoms with Gasteiger partial charge in [-0.05, 0) is 43.3 Å². The van der Waals surface area contributed by atoms with Gasteiger partial charge in [-0.2, -0.15) is 0 Å². The van der Waals surface area contributed by atoms with Crippen molar-refractivity contribution < 1.29 is 14.2 Å². The molecule has 0 saturated carbocycles. The van der Waals surface area contributed by atoms with Crippen molar-refractivity contribution in [3.05, 3.63) is 59.1 Å². The molecule has 2 aliphatic rings. The van der Waals surface area contributed by atoms with E-state index in [2.05, 4.69) is 19.8 Å². The molecule has 0 bridgehead atoms. The maximum atomic E-state index is 14.9. The Morgan fingerprint density at radius 1 is 1.10 bits per heavy atom. The third-order valence-electron chi connectivity index (χ3n) is 5.83. The van der Waals surface area contributed by atoms with Gasteiger partial charge in [0.05, 0.1) is 36.9 Å². The number of allylic oxidation sites excluding steroid dienone is 1. The van der Waals surface area contributed by atoms with E-state index < -0.39 is 0 Å². The number of anilines is 2. The molecule has 5 rings (SSSR count). The predicted molar refractivity (Wildman–Crippen MR) is 123 cm³/mol. The van der Waals surface area contributed by atoms with Gasteiger partial charge in [-0.15, -0.1) is 11.8 Å². The van der Waals surface area contributed by atoms with E-state index in [9.17, 15) is 9.50 Å². The lowest BCUT2D eigenvalue weighted by molar-refractivity contribution is 0.122. The lowest BCUT2D eigenvalue weighted by Gasteiger charge is -2.29. The van der Waals surface area contributed by atoms with Crippen LogP contribution in [0, 0.1) is 5.82 Å². The highest BCUT2D eigenvalue weighted by molar-refractivity contribution is 8.03. The molecule has 0 unspecified atom stereocenters. The van der Waals surface area contributed by atoms with Crippen molar-refractivity contribution in [3.8, 4) is 11.3 Å². The first-order valence-corrected chi connectivity index (χ1v) is 11.2. The maximum absolute atomic E-state index is 14.9. The first-order chi connectivity index (χ1) is 15.2. The molecular weight excluding hydrogens is 415 g/mol. The van der Waals surface area contributed by atoms with Gasteiger partial charge in [0.25, 0.3) is 0 Å².